The minimum absolute atomic E-state index is 0.121. The number of hydrogen-bond donors (Lipinski definition) is 0. The van der Waals surface area contributed by atoms with Gasteiger partial charge in [0.15, 0.2) is 0 Å². The van der Waals surface area contributed by atoms with Crippen LogP contribution in [0.5, 0.6) is 0 Å². The van der Waals surface area contributed by atoms with Gasteiger partial charge in [-0.3, -0.25) is 4.79 Å². The Labute approximate surface area is 117 Å². The van der Waals surface area contributed by atoms with Gasteiger partial charge in [-0.1, -0.05) is 31.9 Å². The monoisotopic (exact) mass is 365 g/mol. The number of carbonyl (C=O) groups excluding carboxylic acids is 1. The third kappa shape index (κ3) is 4.07. The minimum atomic E-state index is -0.476. The first-order valence-corrected chi connectivity index (χ1v) is 7.32. The van der Waals surface area contributed by atoms with Gasteiger partial charge in [0.25, 0.3) is 5.91 Å². The molecule has 0 aliphatic heterocycles. The lowest BCUT2D eigenvalue weighted by Crippen LogP contribution is -2.32. The van der Waals surface area contributed by atoms with Gasteiger partial charge in [0.05, 0.1) is 5.56 Å². The molecule has 0 aliphatic carbocycles. The first-order chi connectivity index (χ1) is 8.10. The summed E-state index contributed by atoms with van der Waals surface area (Å²) in [6.07, 6.45) is 0.856. The summed E-state index contributed by atoms with van der Waals surface area (Å²) in [6.45, 7) is 3.10. The lowest BCUT2D eigenvalue weighted by atomic mass is 10.2. The predicted molar refractivity (Wildman–Crippen MR) is 74.1 cm³/mol. The summed E-state index contributed by atoms with van der Waals surface area (Å²) in [5.74, 6) is -0.734. The van der Waals surface area contributed by atoms with Crippen LogP contribution in [0.3, 0.4) is 0 Å². The van der Waals surface area contributed by atoms with Crippen molar-refractivity contribution >= 4 is 37.8 Å². The van der Waals surface area contributed by atoms with E-state index in [4.69, 9.17) is 0 Å². The molecule has 0 unspecified atom stereocenters. The molecule has 1 amide bonds. The van der Waals surface area contributed by atoms with Crippen molar-refractivity contribution in [3.63, 3.8) is 0 Å². The van der Waals surface area contributed by atoms with E-state index in [1.807, 2.05) is 6.92 Å². The average molecular weight is 367 g/mol. The third-order valence-electron chi connectivity index (χ3n) is 2.39. The summed E-state index contributed by atoms with van der Waals surface area (Å²) in [5.41, 5.74) is 0.121. The molecule has 0 saturated heterocycles. The molecule has 5 heteroatoms. The lowest BCUT2D eigenvalue weighted by Gasteiger charge is -2.20. The maximum atomic E-state index is 13.6. The molecule has 0 fully saturated rings. The highest BCUT2D eigenvalue weighted by Crippen LogP contribution is 2.17. The summed E-state index contributed by atoms with van der Waals surface area (Å²) >= 11 is 6.56. The van der Waals surface area contributed by atoms with E-state index in [2.05, 4.69) is 31.9 Å². The van der Waals surface area contributed by atoms with Gasteiger partial charge in [-0.2, -0.15) is 0 Å². The number of benzene rings is 1. The molecule has 0 aliphatic rings. The van der Waals surface area contributed by atoms with E-state index >= 15 is 0 Å². The molecular formula is C12H14Br2FNO. The highest BCUT2D eigenvalue weighted by atomic mass is 79.9. The van der Waals surface area contributed by atoms with Crippen molar-refractivity contribution in [1.82, 2.24) is 4.90 Å². The SMILES string of the molecule is CCN(CCCBr)C(=O)c1cc(Br)ccc1F. The Morgan fingerprint density at radius 2 is 2.18 bits per heavy atom. The molecule has 0 spiro atoms. The highest BCUT2D eigenvalue weighted by Gasteiger charge is 2.17. The van der Waals surface area contributed by atoms with Crippen LogP contribution in [-0.2, 0) is 0 Å². The Balaban J connectivity index is 2.89. The van der Waals surface area contributed by atoms with Crippen molar-refractivity contribution in [2.24, 2.45) is 0 Å². The smallest absolute Gasteiger partial charge is 0.256 e. The van der Waals surface area contributed by atoms with Crippen LogP contribution in [0.15, 0.2) is 22.7 Å². The Bertz CT molecular complexity index is 398. The number of amides is 1. The molecule has 2 nitrogen and oxygen atoms in total. The molecule has 0 aromatic heterocycles. The van der Waals surface area contributed by atoms with Crippen LogP contribution in [0.25, 0.3) is 0 Å². The second kappa shape index (κ2) is 7.11. The van der Waals surface area contributed by atoms with Crippen LogP contribution in [-0.4, -0.2) is 29.2 Å². The van der Waals surface area contributed by atoms with Crippen molar-refractivity contribution in [3.8, 4) is 0 Å². The zero-order valence-electron chi connectivity index (χ0n) is 9.55. The Hall–Kier alpha value is -0.420. The fraction of sp³-hybridized carbons (Fsp3) is 0.417. The van der Waals surface area contributed by atoms with E-state index < -0.39 is 5.82 Å². The number of rotatable bonds is 5. The molecule has 0 bridgehead atoms. The van der Waals surface area contributed by atoms with Crippen LogP contribution < -0.4 is 0 Å². The van der Waals surface area contributed by atoms with Gasteiger partial charge in [0, 0.05) is 22.9 Å². The quantitative estimate of drug-likeness (QED) is 0.725. The summed E-state index contributed by atoms with van der Waals surface area (Å²) in [4.78, 5) is 13.7. The van der Waals surface area contributed by atoms with Crippen LogP contribution in [0, 0.1) is 5.82 Å². The van der Waals surface area contributed by atoms with Gasteiger partial charge < -0.3 is 4.90 Å². The molecule has 0 heterocycles. The molecule has 0 radical (unpaired) electrons. The predicted octanol–water partition coefficient (Wildman–Crippen LogP) is 3.84. The Morgan fingerprint density at radius 3 is 2.76 bits per heavy atom. The molecule has 0 N–H and O–H groups in total. The van der Waals surface area contributed by atoms with Crippen LogP contribution >= 0.6 is 31.9 Å². The van der Waals surface area contributed by atoms with E-state index in [0.717, 1.165) is 11.8 Å². The minimum Gasteiger partial charge on any atom is -0.339 e. The maximum Gasteiger partial charge on any atom is 0.256 e. The van der Waals surface area contributed by atoms with E-state index in [0.29, 0.717) is 17.6 Å². The molecular weight excluding hydrogens is 353 g/mol. The van der Waals surface area contributed by atoms with Crippen molar-refractivity contribution in [2.75, 3.05) is 18.4 Å². The Morgan fingerprint density at radius 1 is 1.47 bits per heavy atom. The Kier molecular flexibility index (Phi) is 6.12. The molecule has 1 aromatic rings. The largest absolute Gasteiger partial charge is 0.339 e. The molecule has 1 rings (SSSR count). The number of halogens is 3. The number of carbonyl (C=O) groups is 1. The zero-order valence-corrected chi connectivity index (χ0v) is 12.7. The van der Waals surface area contributed by atoms with Crippen molar-refractivity contribution in [3.05, 3.63) is 34.1 Å². The second-order valence-corrected chi connectivity index (χ2v) is 5.26. The average Bonchev–Trinajstić information content (AvgIpc) is 2.33. The third-order valence-corrected chi connectivity index (χ3v) is 3.44. The first-order valence-electron chi connectivity index (χ1n) is 5.40. The van der Waals surface area contributed by atoms with E-state index in [-0.39, 0.29) is 11.5 Å². The molecule has 17 heavy (non-hydrogen) atoms. The summed E-state index contributed by atoms with van der Waals surface area (Å²) in [5, 5.41) is 0.831. The van der Waals surface area contributed by atoms with Crippen molar-refractivity contribution < 1.29 is 9.18 Å². The molecule has 1 aromatic carbocycles. The fourth-order valence-electron chi connectivity index (χ4n) is 1.49. The van der Waals surface area contributed by atoms with Gasteiger partial charge >= 0.3 is 0 Å². The normalized spacial score (nSPS) is 10.4. The summed E-state index contributed by atoms with van der Waals surface area (Å²) in [6, 6.07) is 4.41. The van der Waals surface area contributed by atoms with Crippen molar-refractivity contribution in [2.45, 2.75) is 13.3 Å². The molecule has 0 saturated carbocycles. The van der Waals surface area contributed by atoms with Gasteiger partial charge in [0.1, 0.15) is 5.82 Å². The van der Waals surface area contributed by atoms with Crippen LogP contribution in [0.2, 0.25) is 0 Å². The molecule has 0 atom stereocenters. The highest BCUT2D eigenvalue weighted by molar-refractivity contribution is 9.10. The van der Waals surface area contributed by atoms with E-state index in [9.17, 15) is 9.18 Å². The van der Waals surface area contributed by atoms with Gasteiger partial charge in [-0.05, 0) is 31.5 Å². The number of nitrogens with zero attached hydrogens (tertiary/aromatic N) is 1. The molecule has 94 valence electrons. The van der Waals surface area contributed by atoms with Gasteiger partial charge in [0.2, 0.25) is 0 Å². The topological polar surface area (TPSA) is 20.3 Å². The van der Waals surface area contributed by atoms with Crippen LogP contribution in [0.1, 0.15) is 23.7 Å². The number of hydrogen-bond acceptors (Lipinski definition) is 1. The summed E-state index contributed by atoms with van der Waals surface area (Å²) < 4.78 is 14.3. The fourth-order valence-corrected chi connectivity index (χ4v) is 2.10. The first kappa shape index (κ1) is 14.6. The zero-order chi connectivity index (χ0) is 12.8. The second-order valence-electron chi connectivity index (χ2n) is 3.55. The lowest BCUT2D eigenvalue weighted by molar-refractivity contribution is 0.0760. The van der Waals surface area contributed by atoms with E-state index in [1.54, 1.807) is 11.0 Å². The van der Waals surface area contributed by atoms with Crippen molar-refractivity contribution in [1.29, 1.82) is 0 Å². The van der Waals surface area contributed by atoms with E-state index in [1.165, 1.54) is 12.1 Å². The maximum absolute atomic E-state index is 13.6. The standard InChI is InChI=1S/C12H14Br2FNO/c1-2-16(7-3-6-13)12(17)10-8-9(14)4-5-11(10)15/h4-5,8H,2-3,6-7H2,1H3. The van der Waals surface area contributed by atoms with Crippen LogP contribution in [0.4, 0.5) is 4.39 Å². The van der Waals surface area contributed by atoms with Gasteiger partial charge in [-0.25, -0.2) is 4.39 Å². The van der Waals surface area contributed by atoms with Gasteiger partial charge in [-0.15, -0.1) is 0 Å². The number of alkyl halides is 1. The summed E-state index contributed by atoms with van der Waals surface area (Å²) in [7, 11) is 0.